The maximum Gasteiger partial charge on any atom is 0.222 e. The van der Waals surface area contributed by atoms with Gasteiger partial charge in [0.25, 0.3) is 0 Å². The molecule has 4 heteroatoms. The zero-order chi connectivity index (χ0) is 17.3. The monoisotopic (exact) mass is 284 g/mol. The maximum absolute atomic E-state index is 11.1. The molecule has 20 heavy (non-hydrogen) atoms. The number of hydrogen-bond donors (Lipinski definition) is 2. The largest absolute Gasteiger partial charge is 0.351 e. The van der Waals surface area contributed by atoms with Gasteiger partial charge in [0.2, 0.25) is 11.8 Å². The van der Waals surface area contributed by atoms with Crippen LogP contribution in [0, 0.1) is 11.8 Å². The summed E-state index contributed by atoms with van der Waals surface area (Å²) in [5.41, 5.74) is -0.442. The van der Waals surface area contributed by atoms with E-state index in [2.05, 4.69) is 10.6 Å². The van der Waals surface area contributed by atoms with Crippen LogP contribution in [0.15, 0.2) is 0 Å². The first-order valence-electron chi connectivity index (χ1n) is 8.55. The fraction of sp³-hybridized carbons (Fsp3) is 0.875. The minimum atomic E-state index is -0.221. The zero-order valence-corrected chi connectivity index (χ0v) is 13.5. The number of carbonyl (C=O) groups excluding carboxylic acids is 2. The molecule has 0 aromatic heterocycles. The van der Waals surface area contributed by atoms with Crippen LogP contribution in [0.25, 0.3) is 0 Å². The van der Waals surface area contributed by atoms with Gasteiger partial charge in [-0.1, -0.05) is 27.7 Å². The van der Waals surface area contributed by atoms with E-state index >= 15 is 0 Å². The Hall–Kier alpha value is -1.06. The summed E-state index contributed by atoms with van der Waals surface area (Å²) in [6.07, 6.45) is 1.41. The number of rotatable bonds is 4. The highest BCUT2D eigenvalue weighted by molar-refractivity contribution is 5.79. The highest BCUT2D eigenvalue weighted by Crippen LogP contribution is 2.34. The summed E-state index contributed by atoms with van der Waals surface area (Å²) in [5.74, 6) is 0.170. The lowest BCUT2D eigenvalue weighted by Crippen LogP contribution is -2.36. The Morgan fingerprint density at radius 3 is 1.30 bits per heavy atom. The Bertz CT molecular complexity index is 402. The first kappa shape index (κ1) is 13.9. The SMILES string of the molecule is [2H]C1C[C@@]1(C)NC(=O)C(C)C.[2H]C1C[C@@]1(C)NC(=O)C(C)C. The minimum absolute atomic E-state index is 0.0274. The summed E-state index contributed by atoms with van der Waals surface area (Å²) in [6, 6.07) is 0. The van der Waals surface area contributed by atoms with Gasteiger partial charge in [-0.2, -0.15) is 0 Å². The van der Waals surface area contributed by atoms with Gasteiger partial charge in [0, 0.05) is 25.7 Å². The third-order valence-electron chi connectivity index (χ3n) is 3.50. The highest BCUT2D eigenvalue weighted by atomic mass is 16.2. The maximum atomic E-state index is 11.1. The minimum Gasteiger partial charge on any atom is -0.351 e. The Kier molecular flexibility index (Phi) is 4.27. The molecule has 0 aromatic rings. The van der Waals surface area contributed by atoms with Crippen molar-refractivity contribution in [2.75, 3.05) is 0 Å². The summed E-state index contributed by atoms with van der Waals surface area (Å²) in [6.45, 7) is 11.3. The van der Waals surface area contributed by atoms with Crippen LogP contribution in [0.2, 0.25) is 0 Å². The first-order valence-corrected chi connectivity index (χ1v) is 7.40. The standard InChI is InChI=1S/2C8H15NO/c2*1-6(2)7(10)9-8(3)4-5-8/h2*6H,4-5H2,1-3H3,(H,9,10)/i2*4D/t2*4?,8-/m00/s1. The third kappa shape index (κ3) is 5.93. The molecule has 4 atom stereocenters. The second-order valence-electron chi connectivity index (χ2n) is 6.94. The molecule has 2 N–H and O–H groups in total. The molecule has 2 aliphatic rings. The molecule has 0 heterocycles. The van der Waals surface area contributed by atoms with Crippen molar-refractivity contribution in [1.29, 1.82) is 0 Å². The molecule has 0 radical (unpaired) electrons. The summed E-state index contributed by atoms with van der Waals surface area (Å²) in [5, 5.41) is 5.71. The number of hydrogen-bond acceptors (Lipinski definition) is 2. The fourth-order valence-electron chi connectivity index (χ4n) is 1.36. The average molecular weight is 284 g/mol. The van der Waals surface area contributed by atoms with Crippen molar-refractivity contribution >= 4 is 11.8 Å². The van der Waals surface area contributed by atoms with Crippen LogP contribution >= 0.6 is 0 Å². The molecule has 0 spiro atoms. The van der Waals surface area contributed by atoms with Gasteiger partial charge in [-0.15, -0.1) is 0 Å². The molecular formula is C16H30N2O2. The van der Waals surface area contributed by atoms with Gasteiger partial charge in [-0.3, -0.25) is 9.59 Å². The third-order valence-corrected chi connectivity index (χ3v) is 3.50. The van der Waals surface area contributed by atoms with Gasteiger partial charge < -0.3 is 10.6 Å². The lowest BCUT2D eigenvalue weighted by Gasteiger charge is -2.12. The van der Waals surface area contributed by atoms with Gasteiger partial charge in [0.15, 0.2) is 0 Å². The van der Waals surface area contributed by atoms with Crippen LogP contribution in [0.1, 0.15) is 69.9 Å². The molecule has 0 bridgehead atoms. The molecule has 0 saturated heterocycles. The van der Waals surface area contributed by atoms with Gasteiger partial charge in [0.05, 0.1) is 0 Å². The smallest absolute Gasteiger partial charge is 0.222 e. The molecule has 2 amide bonds. The zero-order valence-electron chi connectivity index (χ0n) is 15.5. The predicted molar refractivity (Wildman–Crippen MR) is 81.2 cm³/mol. The summed E-state index contributed by atoms with van der Waals surface area (Å²) < 4.78 is 14.7. The Morgan fingerprint density at radius 1 is 0.900 bits per heavy atom. The summed E-state index contributed by atoms with van der Waals surface area (Å²) in [4.78, 5) is 22.3. The molecule has 2 aliphatic carbocycles. The van der Waals surface area contributed by atoms with E-state index in [1.807, 2.05) is 41.5 Å². The first-order chi connectivity index (χ1) is 9.91. The van der Waals surface area contributed by atoms with E-state index in [0.29, 0.717) is 0 Å². The van der Waals surface area contributed by atoms with Crippen LogP contribution < -0.4 is 10.6 Å². The molecule has 4 nitrogen and oxygen atoms in total. The second kappa shape index (κ2) is 6.15. The number of nitrogens with one attached hydrogen (secondary N) is 2. The normalized spacial score (nSPS) is 39.2. The van der Waals surface area contributed by atoms with Crippen LogP contribution in [0.5, 0.6) is 0 Å². The van der Waals surface area contributed by atoms with Gasteiger partial charge >= 0.3 is 0 Å². The van der Waals surface area contributed by atoms with Crippen molar-refractivity contribution in [3.8, 4) is 0 Å². The topological polar surface area (TPSA) is 58.2 Å². The second-order valence-corrected chi connectivity index (χ2v) is 6.94. The average Bonchev–Trinajstić information content (AvgIpc) is 3.16. The van der Waals surface area contributed by atoms with E-state index < -0.39 is 0 Å². The summed E-state index contributed by atoms with van der Waals surface area (Å²) in [7, 11) is 0. The van der Waals surface area contributed by atoms with Crippen molar-refractivity contribution in [2.24, 2.45) is 11.8 Å². The number of amides is 2. The predicted octanol–water partition coefficient (Wildman–Crippen LogP) is 2.62. The van der Waals surface area contributed by atoms with Crippen molar-refractivity contribution in [1.82, 2.24) is 10.6 Å². The Labute approximate surface area is 125 Å². The van der Waals surface area contributed by atoms with E-state index in [1.165, 1.54) is 0 Å². The van der Waals surface area contributed by atoms with Crippen LogP contribution in [0.4, 0.5) is 0 Å². The molecular weight excluding hydrogens is 252 g/mol. The van der Waals surface area contributed by atoms with Crippen molar-refractivity contribution in [2.45, 2.75) is 78.3 Å². The molecule has 2 unspecified atom stereocenters. The molecule has 2 rings (SSSR count). The fourth-order valence-corrected chi connectivity index (χ4v) is 1.36. The molecule has 116 valence electrons. The van der Waals surface area contributed by atoms with E-state index in [4.69, 9.17) is 2.74 Å². The summed E-state index contributed by atoms with van der Waals surface area (Å²) >= 11 is 0. The van der Waals surface area contributed by atoms with Crippen LogP contribution in [0.3, 0.4) is 0 Å². The lowest BCUT2D eigenvalue weighted by molar-refractivity contribution is -0.125. The van der Waals surface area contributed by atoms with Gasteiger partial charge in [-0.05, 0) is 39.5 Å². The van der Waals surface area contributed by atoms with E-state index in [0.717, 1.165) is 12.8 Å². The Balaban J connectivity index is 0.000000220. The molecule has 2 saturated carbocycles. The van der Waals surface area contributed by atoms with Crippen molar-refractivity contribution in [3.05, 3.63) is 0 Å². The van der Waals surface area contributed by atoms with Crippen molar-refractivity contribution < 1.29 is 12.3 Å². The van der Waals surface area contributed by atoms with Gasteiger partial charge in [0.1, 0.15) is 0 Å². The van der Waals surface area contributed by atoms with Crippen molar-refractivity contribution in [3.63, 3.8) is 0 Å². The van der Waals surface area contributed by atoms with E-state index in [9.17, 15) is 9.59 Å². The lowest BCUT2D eigenvalue weighted by atomic mass is 10.2. The van der Waals surface area contributed by atoms with E-state index in [1.54, 1.807) is 0 Å². The van der Waals surface area contributed by atoms with Gasteiger partial charge in [-0.25, -0.2) is 0 Å². The quantitative estimate of drug-likeness (QED) is 0.833. The van der Waals surface area contributed by atoms with Crippen LogP contribution in [-0.4, -0.2) is 22.9 Å². The molecule has 0 aliphatic heterocycles. The van der Waals surface area contributed by atoms with E-state index in [-0.39, 0.29) is 47.5 Å². The van der Waals surface area contributed by atoms with Crippen LogP contribution in [-0.2, 0) is 9.59 Å². The molecule has 2 fully saturated rings. The molecule has 0 aromatic carbocycles. The highest BCUT2D eigenvalue weighted by Gasteiger charge is 2.39. The number of carbonyl (C=O) groups is 2. The Morgan fingerprint density at radius 2 is 1.15 bits per heavy atom.